The lowest BCUT2D eigenvalue weighted by molar-refractivity contribution is -0.148. The van der Waals surface area contributed by atoms with E-state index < -0.39 is 0 Å². The summed E-state index contributed by atoms with van der Waals surface area (Å²) in [7, 11) is 0. The van der Waals surface area contributed by atoms with Gasteiger partial charge in [0.05, 0.1) is 12.0 Å². The van der Waals surface area contributed by atoms with Crippen LogP contribution in [0.25, 0.3) is 0 Å². The SMILES string of the molecule is CCO[C@@H]1C[C@H]2C=C(CC)[C@@H]1C(=O)C2=O. The Bertz CT molecular complexity index is 330. The molecule has 2 bridgehead atoms. The standard InChI is InChI=1S/C12H16O3/c1-3-7-5-8-6-9(15-4-2)10(7)12(14)11(8)13/h5,8-10H,3-4,6H2,1-2H3/t8-,9-,10+/m1/s1. The molecule has 0 amide bonds. The van der Waals surface area contributed by atoms with E-state index in [4.69, 9.17) is 4.74 Å². The number of allylic oxidation sites excluding steroid dienone is 1. The van der Waals surface area contributed by atoms with Gasteiger partial charge in [0.25, 0.3) is 0 Å². The summed E-state index contributed by atoms with van der Waals surface area (Å²) in [5, 5.41) is 0. The number of ether oxygens (including phenoxy) is 1. The van der Waals surface area contributed by atoms with Gasteiger partial charge in [0, 0.05) is 12.5 Å². The maximum Gasteiger partial charge on any atom is 0.208 e. The minimum Gasteiger partial charge on any atom is -0.377 e. The van der Waals surface area contributed by atoms with Gasteiger partial charge >= 0.3 is 0 Å². The molecular weight excluding hydrogens is 192 g/mol. The highest BCUT2D eigenvalue weighted by molar-refractivity contribution is 6.41. The average Bonchev–Trinajstić information content (AvgIpc) is 2.24. The van der Waals surface area contributed by atoms with Gasteiger partial charge in [-0.1, -0.05) is 18.6 Å². The van der Waals surface area contributed by atoms with Crippen molar-refractivity contribution in [2.45, 2.75) is 32.8 Å². The zero-order chi connectivity index (χ0) is 11.0. The molecule has 3 aliphatic rings. The molecule has 0 N–H and O–H groups in total. The van der Waals surface area contributed by atoms with Crippen molar-refractivity contribution in [1.82, 2.24) is 0 Å². The van der Waals surface area contributed by atoms with Crippen LogP contribution in [0.2, 0.25) is 0 Å². The monoisotopic (exact) mass is 208 g/mol. The van der Waals surface area contributed by atoms with Crippen LogP contribution in [0, 0.1) is 11.8 Å². The second-order valence-electron chi connectivity index (χ2n) is 4.14. The lowest BCUT2D eigenvalue weighted by Gasteiger charge is -2.39. The van der Waals surface area contributed by atoms with Crippen LogP contribution < -0.4 is 0 Å². The molecule has 0 saturated heterocycles. The van der Waals surface area contributed by atoms with Gasteiger partial charge in [-0.3, -0.25) is 9.59 Å². The highest BCUT2D eigenvalue weighted by atomic mass is 16.5. The quantitative estimate of drug-likeness (QED) is 0.521. The lowest BCUT2D eigenvalue weighted by Crippen LogP contribution is -2.49. The van der Waals surface area contributed by atoms with E-state index in [-0.39, 0.29) is 29.5 Å². The topological polar surface area (TPSA) is 43.4 Å². The van der Waals surface area contributed by atoms with Gasteiger partial charge in [0.2, 0.25) is 11.6 Å². The Morgan fingerprint density at radius 3 is 2.60 bits per heavy atom. The van der Waals surface area contributed by atoms with Crippen LogP contribution in [0.5, 0.6) is 0 Å². The van der Waals surface area contributed by atoms with Gasteiger partial charge in [-0.05, 0) is 19.8 Å². The van der Waals surface area contributed by atoms with E-state index in [1.54, 1.807) is 0 Å². The zero-order valence-corrected chi connectivity index (χ0v) is 9.16. The molecule has 0 spiro atoms. The largest absolute Gasteiger partial charge is 0.377 e. The molecule has 0 radical (unpaired) electrons. The normalized spacial score (nSPS) is 34.5. The molecule has 3 heteroatoms. The van der Waals surface area contributed by atoms with E-state index in [0.29, 0.717) is 13.0 Å². The van der Waals surface area contributed by atoms with E-state index in [2.05, 4.69) is 0 Å². The molecule has 0 aliphatic heterocycles. The molecule has 3 aliphatic carbocycles. The van der Waals surface area contributed by atoms with Crippen molar-refractivity contribution in [3.63, 3.8) is 0 Å². The Kier molecular flexibility index (Phi) is 2.74. The molecule has 0 heterocycles. The van der Waals surface area contributed by atoms with Crippen molar-refractivity contribution in [2.75, 3.05) is 6.61 Å². The second kappa shape index (κ2) is 3.89. The molecular formula is C12H16O3. The summed E-state index contributed by atoms with van der Waals surface area (Å²) in [6.07, 6.45) is 3.44. The summed E-state index contributed by atoms with van der Waals surface area (Å²) >= 11 is 0. The number of fused-ring (bicyclic) bond motifs is 2. The first-order chi connectivity index (χ1) is 7.19. The van der Waals surface area contributed by atoms with Crippen molar-refractivity contribution in [2.24, 2.45) is 11.8 Å². The number of carbonyl (C=O) groups excluding carboxylic acids is 2. The first-order valence-electron chi connectivity index (χ1n) is 5.59. The summed E-state index contributed by atoms with van der Waals surface area (Å²) in [6.45, 7) is 4.55. The smallest absolute Gasteiger partial charge is 0.208 e. The van der Waals surface area contributed by atoms with E-state index in [0.717, 1.165) is 12.0 Å². The molecule has 0 aromatic heterocycles. The second-order valence-corrected chi connectivity index (χ2v) is 4.14. The van der Waals surface area contributed by atoms with Crippen LogP contribution in [0.3, 0.4) is 0 Å². The number of hydrogen-bond donors (Lipinski definition) is 0. The van der Waals surface area contributed by atoms with E-state index in [9.17, 15) is 9.59 Å². The Labute approximate surface area is 89.5 Å². The van der Waals surface area contributed by atoms with Crippen molar-refractivity contribution < 1.29 is 14.3 Å². The fraction of sp³-hybridized carbons (Fsp3) is 0.667. The third kappa shape index (κ3) is 1.55. The maximum atomic E-state index is 11.8. The summed E-state index contributed by atoms with van der Waals surface area (Å²) in [4.78, 5) is 23.3. The highest BCUT2D eigenvalue weighted by Crippen LogP contribution is 2.39. The van der Waals surface area contributed by atoms with Crippen molar-refractivity contribution >= 4 is 11.6 Å². The minimum absolute atomic E-state index is 0.0647. The van der Waals surface area contributed by atoms with E-state index in [1.165, 1.54) is 0 Å². The van der Waals surface area contributed by atoms with E-state index >= 15 is 0 Å². The summed E-state index contributed by atoms with van der Waals surface area (Å²) < 4.78 is 5.55. The van der Waals surface area contributed by atoms with Crippen LogP contribution in [0.4, 0.5) is 0 Å². The summed E-state index contributed by atoms with van der Waals surface area (Å²) in [6, 6.07) is 0. The number of Topliss-reactive ketones (excluding diaryl/α,β-unsaturated/α-hetero) is 2. The van der Waals surface area contributed by atoms with Crippen LogP contribution >= 0.6 is 0 Å². The fourth-order valence-electron chi connectivity index (χ4n) is 2.63. The minimum atomic E-state index is -0.285. The summed E-state index contributed by atoms with van der Waals surface area (Å²) in [5.41, 5.74) is 1.09. The van der Waals surface area contributed by atoms with Crippen molar-refractivity contribution in [1.29, 1.82) is 0 Å². The van der Waals surface area contributed by atoms with Crippen LogP contribution in [-0.4, -0.2) is 24.3 Å². The third-order valence-corrected chi connectivity index (χ3v) is 3.32. The highest BCUT2D eigenvalue weighted by Gasteiger charge is 2.47. The molecule has 1 saturated carbocycles. The van der Waals surface area contributed by atoms with Crippen LogP contribution in [0.1, 0.15) is 26.7 Å². The predicted molar refractivity (Wildman–Crippen MR) is 55.4 cm³/mol. The molecule has 3 atom stereocenters. The summed E-state index contributed by atoms with van der Waals surface area (Å²) in [5.74, 6) is -0.946. The average molecular weight is 208 g/mol. The first kappa shape index (κ1) is 10.6. The van der Waals surface area contributed by atoms with Crippen molar-refractivity contribution in [3.8, 4) is 0 Å². The Morgan fingerprint density at radius 2 is 2.07 bits per heavy atom. The molecule has 0 aromatic carbocycles. The van der Waals surface area contributed by atoms with Gasteiger partial charge in [0.1, 0.15) is 0 Å². The first-order valence-corrected chi connectivity index (χ1v) is 5.59. The van der Waals surface area contributed by atoms with Crippen molar-refractivity contribution in [3.05, 3.63) is 11.6 Å². The molecule has 1 fully saturated rings. The Morgan fingerprint density at radius 1 is 1.33 bits per heavy atom. The Hall–Kier alpha value is -0.960. The number of rotatable bonds is 3. The molecule has 82 valence electrons. The molecule has 3 rings (SSSR count). The van der Waals surface area contributed by atoms with Gasteiger partial charge in [-0.15, -0.1) is 0 Å². The molecule has 15 heavy (non-hydrogen) atoms. The lowest BCUT2D eigenvalue weighted by atomic mass is 9.67. The molecule has 0 unspecified atom stereocenters. The van der Waals surface area contributed by atoms with E-state index in [1.807, 2.05) is 19.9 Å². The van der Waals surface area contributed by atoms with Gasteiger partial charge in [-0.2, -0.15) is 0 Å². The molecule has 3 nitrogen and oxygen atoms in total. The third-order valence-electron chi connectivity index (χ3n) is 3.32. The van der Waals surface area contributed by atoms with Crippen LogP contribution in [0.15, 0.2) is 11.6 Å². The molecule has 0 aromatic rings. The van der Waals surface area contributed by atoms with Gasteiger partial charge in [-0.25, -0.2) is 0 Å². The van der Waals surface area contributed by atoms with Crippen LogP contribution in [-0.2, 0) is 14.3 Å². The Balaban J connectivity index is 2.31. The number of ketones is 2. The fourth-order valence-corrected chi connectivity index (χ4v) is 2.63. The van der Waals surface area contributed by atoms with Gasteiger partial charge in [0.15, 0.2) is 0 Å². The van der Waals surface area contributed by atoms with Gasteiger partial charge < -0.3 is 4.74 Å². The zero-order valence-electron chi connectivity index (χ0n) is 9.16. The predicted octanol–water partition coefficient (Wildman–Crippen LogP) is 1.52. The number of carbonyl (C=O) groups is 2. The maximum absolute atomic E-state index is 11.8. The number of hydrogen-bond acceptors (Lipinski definition) is 3.